The number of fused-ring (bicyclic) bond motifs is 2. The van der Waals surface area contributed by atoms with Crippen LogP contribution in [0.1, 0.15) is 59.7 Å². The summed E-state index contributed by atoms with van der Waals surface area (Å²) >= 11 is 0. The lowest BCUT2D eigenvalue weighted by atomic mass is 9.95. The van der Waals surface area contributed by atoms with Crippen molar-refractivity contribution >= 4 is 11.6 Å². The van der Waals surface area contributed by atoms with Gasteiger partial charge in [0.05, 0.1) is 17.9 Å². The lowest BCUT2D eigenvalue weighted by Crippen LogP contribution is -2.26. The van der Waals surface area contributed by atoms with Gasteiger partial charge < -0.3 is 4.90 Å². The van der Waals surface area contributed by atoms with Crippen molar-refractivity contribution in [1.29, 1.82) is 0 Å². The molecule has 0 atom stereocenters. The number of aryl methyl sites for hydroxylation is 2. The highest BCUT2D eigenvalue weighted by molar-refractivity contribution is 5.93. The maximum absolute atomic E-state index is 13.0. The van der Waals surface area contributed by atoms with Crippen molar-refractivity contribution < 1.29 is 4.79 Å². The molecule has 0 spiro atoms. The van der Waals surface area contributed by atoms with E-state index in [0.717, 1.165) is 28.5 Å². The van der Waals surface area contributed by atoms with Crippen LogP contribution in [0.3, 0.4) is 0 Å². The normalized spacial score (nSPS) is 14.1. The van der Waals surface area contributed by atoms with Gasteiger partial charge in [0, 0.05) is 35.5 Å². The predicted octanol–water partition coefficient (Wildman–Crippen LogP) is 2.59. The number of nitrogens with zero attached hydrogens (tertiary/aromatic N) is 6. The number of hydrogen-bond donors (Lipinski definition) is 0. The summed E-state index contributed by atoms with van der Waals surface area (Å²) in [6.07, 6.45) is 1.85. The van der Waals surface area contributed by atoms with Crippen LogP contribution in [0.2, 0.25) is 0 Å². The first kappa shape index (κ1) is 16.6. The fraction of sp³-hybridized carbons (Fsp3) is 0.421. The van der Waals surface area contributed by atoms with E-state index < -0.39 is 0 Å². The summed E-state index contributed by atoms with van der Waals surface area (Å²) < 4.78 is 1.76. The van der Waals surface area contributed by atoms with Gasteiger partial charge in [-0.3, -0.25) is 4.79 Å². The fourth-order valence-electron chi connectivity index (χ4n) is 3.17. The summed E-state index contributed by atoms with van der Waals surface area (Å²) in [6.45, 7) is 11.1. The highest BCUT2D eigenvalue weighted by atomic mass is 16.2. The molecule has 0 fully saturated rings. The maximum Gasteiger partial charge on any atom is 0.273 e. The molecular weight excluding hydrogens is 328 g/mol. The average molecular weight is 350 g/mol. The molecule has 0 saturated heterocycles. The second kappa shape index (κ2) is 5.59. The molecule has 1 aliphatic heterocycles. The van der Waals surface area contributed by atoms with Crippen LogP contribution in [-0.4, -0.2) is 35.4 Å². The molecule has 0 bridgehead atoms. The Hall–Kier alpha value is -2.83. The summed E-state index contributed by atoms with van der Waals surface area (Å²) in [5, 5.41) is 4.39. The highest BCUT2D eigenvalue weighted by Gasteiger charge is 2.29. The Morgan fingerprint density at radius 3 is 2.62 bits per heavy atom. The largest absolute Gasteiger partial charge is 0.327 e. The lowest BCUT2D eigenvalue weighted by molar-refractivity contribution is 0.0744. The van der Waals surface area contributed by atoms with Gasteiger partial charge in [-0.2, -0.15) is 5.10 Å². The number of hydrogen-bond acceptors (Lipinski definition) is 5. The highest BCUT2D eigenvalue weighted by Crippen LogP contribution is 2.25. The van der Waals surface area contributed by atoms with Crippen LogP contribution in [0.4, 0.5) is 0 Å². The maximum atomic E-state index is 13.0. The van der Waals surface area contributed by atoms with Crippen LogP contribution in [0.25, 0.3) is 5.65 Å². The Morgan fingerprint density at radius 2 is 1.88 bits per heavy atom. The first-order chi connectivity index (χ1) is 12.2. The third-order valence-electron chi connectivity index (χ3n) is 4.56. The molecule has 7 nitrogen and oxygen atoms in total. The van der Waals surface area contributed by atoms with Crippen LogP contribution < -0.4 is 0 Å². The molecule has 3 aromatic rings. The zero-order valence-corrected chi connectivity index (χ0v) is 15.7. The van der Waals surface area contributed by atoms with E-state index in [2.05, 4.69) is 40.8 Å². The van der Waals surface area contributed by atoms with Gasteiger partial charge >= 0.3 is 0 Å². The minimum atomic E-state index is -0.115. The number of rotatable bonds is 1. The molecule has 0 N–H and O–H groups in total. The second-order valence-electron chi connectivity index (χ2n) is 7.92. The summed E-state index contributed by atoms with van der Waals surface area (Å²) in [5.41, 5.74) is 4.71. The van der Waals surface area contributed by atoms with Gasteiger partial charge in [0.2, 0.25) is 0 Å². The van der Waals surface area contributed by atoms with E-state index in [1.54, 1.807) is 15.5 Å². The van der Waals surface area contributed by atoms with Crippen LogP contribution in [0.5, 0.6) is 0 Å². The minimum Gasteiger partial charge on any atom is -0.327 e. The van der Waals surface area contributed by atoms with Crippen molar-refractivity contribution in [2.75, 3.05) is 0 Å². The van der Waals surface area contributed by atoms with Gasteiger partial charge in [-0.25, -0.2) is 19.5 Å². The summed E-state index contributed by atoms with van der Waals surface area (Å²) in [5.74, 6) is 0.709. The van der Waals surface area contributed by atoms with Gasteiger partial charge in [0.15, 0.2) is 5.65 Å². The standard InChI is InChI=1S/C19H22N6O/c1-11-6-16-21-14(7-12(2)25(16)23-11)17(26)24-9-13-8-20-18(19(3,4)5)22-15(13)10-24/h6-8H,9-10H2,1-5H3. The molecule has 0 aliphatic carbocycles. The molecule has 0 saturated carbocycles. The van der Waals surface area contributed by atoms with E-state index >= 15 is 0 Å². The first-order valence-electron chi connectivity index (χ1n) is 8.71. The van der Waals surface area contributed by atoms with Gasteiger partial charge in [0.25, 0.3) is 5.91 Å². The van der Waals surface area contributed by atoms with Crippen molar-refractivity contribution in [2.24, 2.45) is 0 Å². The van der Waals surface area contributed by atoms with Gasteiger partial charge in [-0.05, 0) is 19.9 Å². The summed E-state index contributed by atoms with van der Waals surface area (Å²) in [4.78, 5) is 28.4. The Kier molecular flexibility index (Phi) is 3.57. The zero-order chi connectivity index (χ0) is 18.6. The molecule has 0 unspecified atom stereocenters. The SMILES string of the molecule is Cc1cc2nc(C(=O)N3Cc4cnc(C(C)(C)C)nc4C3)cc(C)n2n1. The molecule has 134 valence electrons. The van der Waals surface area contributed by atoms with Crippen LogP contribution >= 0.6 is 0 Å². The molecule has 4 heterocycles. The Balaban J connectivity index is 1.63. The van der Waals surface area contributed by atoms with Crippen molar-refractivity contribution in [3.05, 3.63) is 52.5 Å². The topological polar surface area (TPSA) is 76.3 Å². The van der Waals surface area contributed by atoms with E-state index in [1.165, 1.54) is 0 Å². The average Bonchev–Trinajstić information content (AvgIpc) is 3.15. The fourth-order valence-corrected chi connectivity index (χ4v) is 3.17. The monoisotopic (exact) mass is 350 g/mol. The van der Waals surface area contributed by atoms with Gasteiger partial charge in [0.1, 0.15) is 11.5 Å². The van der Waals surface area contributed by atoms with Crippen molar-refractivity contribution in [3.8, 4) is 0 Å². The third kappa shape index (κ3) is 2.73. The second-order valence-corrected chi connectivity index (χ2v) is 7.92. The molecule has 26 heavy (non-hydrogen) atoms. The van der Waals surface area contributed by atoms with E-state index in [0.29, 0.717) is 24.4 Å². The smallest absolute Gasteiger partial charge is 0.273 e. The van der Waals surface area contributed by atoms with Crippen LogP contribution in [-0.2, 0) is 18.5 Å². The quantitative estimate of drug-likeness (QED) is 0.674. The number of carbonyl (C=O) groups is 1. The predicted molar refractivity (Wildman–Crippen MR) is 96.8 cm³/mol. The molecule has 3 aromatic heterocycles. The number of aromatic nitrogens is 5. The van der Waals surface area contributed by atoms with E-state index in [9.17, 15) is 4.79 Å². The third-order valence-corrected chi connectivity index (χ3v) is 4.56. The minimum absolute atomic E-state index is 0.0928. The molecule has 7 heteroatoms. The molecule has 1 aliphatic rings. The van der Waals surface area contributed by atoms with Crippen molar-refractivity contribution in [1.82, 2.24) is 29.5 Å². The lowest BCUT2D eigenvalue weighted by Gasteiger charge is -2.16. The van der Waals surface area contributed by atoms with Gasteiger partial charge in [-0.15, -0.1) is 0 Å². The summed E-state index contributed by atoms with van der Waals surface area (Å²) in [7, 11) is 0. The molecule has 0 radical (unpaired) electrons. The van der Waals surface area contributed by atoms with Gasteiger partial charge in [-0.1, -0.05) is 20.8 Å². The van der Waals surface area contributed by atoms with Crippen LogP contribution in [0.15, 0.2) is 18.3 Å². The molecule has 4 rings (SSSR count). The molecule has 0 aromatic carbocycles. The van der Waals surface area contributed by atoms with E-state index in [4.69, 9.17) is 0 Å². The van der Waals surface area contributed by atoms with Crippen molar-refractivity contribution in [2.45, 2.75) is 53.1 Å². The molecular formula is C19H22N6O. The zero-order valence-electron chi connectivity index (χ0n) is 15.7. The van der Waals surface area contributed by atoms with E-state index in [1.807, 2.05) is 26.1 Å². The van der Waals surface area contributed by atoms with Crippen LogP contribution in [0, 0.1) is 13.8 Å². The van der Waals surface area contributed by atoms with E-state index in [-0.39, 0.29) is 11.3 Å². The number of carbonyl (C=O) groups excluding carboxylic acids is 1. The summed E-state index contributed by atoms with van der Waals surface area (Å²) in [6, 6.07) is 3.67. The first-order valence-corrected chi connectivity index (χ1v) is 8.71. The number of amides is 1. The molecule has 1 amide bonds. The Morgan fingerprint density at radius 1 is 1.12 bits per heavy atom. The Labute approximate surface area is 152 Å². The Bertz CT molecular complexity index is 1030. The van der Waals surface area contributed by atoms with Crippen molar-refractivity contribution in [3.63, 3.8) is 0 Å².